The standard InChI is InChI=1S/C25H24BrClN2O2/c26-23-6-1-2-7-24(23)31-18-19-8-10-21(11-9-19)25(30)29-14-12-28(13-15-29)17-20-4-3-5-22(27)16-20/h1-11,16H,12-15,17-18H2. The lowest BCUT2D eigenvalue weighted by atomic mass is 10.1. The van der Waals surface area contributed by atoms with Gasteiger partial charge >= 0.3 is 0 Å². The Balaban J connectivity index is 1.28. The van der Waals surface area contributed by atoms with E-state index in [0.717, 1.165) is 53.5 Å². The van der Waals surface area contributed by atoms with Crippen molar-refractivity contribution in [2.75, 3.05) is 26.2 Å². The van der Waals surface area contributed by atoms with Gasteiger partial charge in [0.15, 0.2) is 0 Å². The van der Waals surface area contributed by atoms with Crippen LogP contribution in [0.4, 0.5) is 0 Å². The van der Waals surface area contributed by atoms with Crippen LogP contribution in [-0.4, -0.2) is 41.9 Å². The molecule has 1 aliphatic heterocycles. The minimum Gasteiger partial charge on any atom is -0.488 e. The van der Waals surface area contributed by atoms with E-state index in [4.69, 9.17) is 16.3 Å². The zero-order chi connectivity index (χ0) is 21.6. The fourth-order valence-electron chi connectivity index (χ4n) is 3.65. The maximum atomic E-state index is 12.9. The summed E-state index contributed by atoms with van der Waals surface area (Å²) in [5, 5.41) is 0.761. The van der Waals surface area contributed by atoms with Crippen LogP contribution in [-0.2, 0) is 13.2 Å². The highest BCUT2D eigenvalue weighted by atomic mass is 79.9. The fraction of sp³-hybridized carbons (Fsp3) is 0.240. The molecule has 1 heterocycles. The number of piperazine rings is 1. The molecule has 1 saturated heterocycles. The summed E-state index contributed by atoms with van der Waals surface area (Å²) < 4.78 is 6.78. The topological polar surface area (TPSA) is 32.8 Å². The SMILES string of the molecule is O=C(c1ccc(COc2ccccc2Br)cc1)N1CCN(Cc2cccc(Cl)c2)CC1. The van der Waals surface area contributed by atoms with Crippen molar-refractivity contribution in [2.24, 2.45) is 0 Å². The van der Waals surface area contributed by atoms with Crippen LogP contribution in [0.3, 0.4) is 0 Å². The number of carbonyl (C=O) groups is 1. The maximum absolute atomic E-state index is 12.9. The van der Waals surface area contributed by atoms with Gasteiger partial charge in [0.05, 0.1) is 4.47 Å². The Morgan fingerprint density at radius 2 is 1.65 bits per heavy atom. The van der Waals surface area contributed by atoms with E-state index in [2.05, 4.69) is 26.9 Å². The third-order valence-corrected chi connectivity index (χ3v) is 6.28. The van der Waals surface area contributed by atoms with Crippen LogP contribution in [0.5, 0.6) is 5.75 Å². The molecule has 31 heavy (non-hydrogen) atoms. The Bertz CT molecular complexity index is 1030. The summed E-state index contributed by atoms with van der Waals surface area (Å²) in [5.41, 5.74) is 2.94. The van der Waals surface area contributed by atoms with Crippen molar-refractivity contribution in [3.8, 4) is 5.75 Å². The molecule has 1 amide bonds. The molecule has 1 aliphatic rings. The number of halogens is 2. The van der Waals surface area contributed by atoms with Gasteiger partial charge in [-0.2, -0.15) is 0 Å². The molecular formula is C25H24BrClN2O2. The molecular weight excluding hydrogens is 476 g/mol. The van der Waals surface area contributed by atoms with Crippen molar-refractivity contribution >= 4 is 33.4 Å². The molecule has 0 spiro atoms. The van der Waals surface area contributed by atoms with E-state index in [9.17, 15) is 4.79 Å². The predicted molar refractivity (Wildman–Crippen MR) is 128 cm³/mol. The predicted octanol–water partition coefficient (Wildman–Crippen LogP) is 5.64. The molecule has 0 N–H and O–H groups in total. The number of rotatable bonds is 6. The van der Waals surface area contributed by atoms with E-state index < -0.39 is 0 Å². The number of benzene rings is 3. The van der Waals surface area contributed by atoms with Crippen LogP contribution >= 0.6 is 27.5 Å². The van der Waals surface area contributed by atoms with Gasteiger partial charge in [-0.25, -0.2) is 0 Å². The first kappa shape index (κ1) is 21.9. The Hall–Kier alpha value is -2.34. The first-order chi connectivity index (χ1) is 15.1. The Kier molecular flexibility index (Phi) is 7.28. The van der Waals surface area contributed by atoms with Gasteiger partial charge < -0.3 is 9.64 Å². The van der Waals surface area contributed by atoms with Gasteiger partial charge in [-0.15, -0.1) is 0 Å². The molecule has 3 aromatic rings. The first-order valence-electron chi connectivity index (χ1n) is 10.3. The van der Waals surface area contributed by atoms with Crippen molar-refractivity contribution in [1.82, 2.24) is 9.80 Å². The van der Waals surface area contributed by atoms with E-state index in [1.807, 2.05) is 71.6 Å². The molecule has 1 fully saturated rings. The van der Waals surface area contributed by atoms with Crippen molar-refractivity contribution in [3.63, 3.8) is 0 Å². The highest BCUT2D eigenvalue weighted by molar-refractivity contribution is 9.10. The first-order valence-corrected chi connectivity index (χ1v) is 11.5. The van der Waals surface area contributed by atoms with Crippen LogP contribution in [0.15, 0.2) is 77.3 Å². The van der Waals surface area contributed by atoms with Gasteiger partial charge in [-0.1, -0.05) is 48.0 Å². The van der Waals surface area contributed by atoms with E-state index in [-0.39, 0.29) is 5.91 Å². The van der Waals surface area contributed by atoms with Crippen LogP contribution in [0.25, 0.3) is 0 Å². The van der Waals surface area contributed by atoms with Crippen LogP contribution < -0.4 is 4.74 Å². The number of nitrogens with zero attached hydrogens (tertiary/aromatic N) is 2. The van der Waals surface area contributed by atoms with Crippen molar-refractivity contribution < 1.29 is 9.53 Å². The van der Waals surface area contributed by atoms with E-state index in [1.165, 1.54) is 5.56 Å². The van der Waals surface area contributed by atoms with Crippen molar-refractivity contribution in [3.05, 3.63) is 99.0 Å². The van der Waals surface area contributed by atoms with Crippen LogP contribution in [0.1, 0.15) is 21.5 Å². The quantitative estimate of drug-likeness (QED) is 0.440. The van der Waals surface area contributed by atoms with Gasteiger partial charge in [-0.3, -0.25) is 9.69 Å². The zero-order valence-electron chi connectivity index (χ0n) is 17.1. The number of carbonyl (C=O) groups excluding carboxylic acids is 1. The molecule has 0 aromatic heterocycles. The minimum absolute atomic E-state index is 0.0840. The van der Waals surface area contributed by atoms with Crippen molar-refractivity contribution in [1.29, 1.82) is 0 Å². The minimum atomic E-state index is 0.0840. The average Bonchev–Trinajstić information content (AvgIpc) is 2.79. The second-order valence-corrected chi connectivity index (χ2v) is 8.91. The van der Waals surface area contributed by atoms with Gasteiger partial charge in [0, 0.05) is 43.3 Å². The third kappa shape index (κ3) is 5.88. The third-order valence-electron chi connectivity index (χ3n) is 5.39. The lowest BCUT2D eigenvalue weighted by molar-refractivity contribution is 0.0628. The van der Waals surface area contributed by atoms with Gasteiger partial charge in [-0.05, 0) is 63.5 Å². The van der Waals surface area contributed by atoms with E-state index in [0.29, 0.717) is 12.2 Å². The van der Waals surface area contributed by atoms with Gasteiger partial charge in [0.1, 0.15) is 12.4 Å². The second kappa shape index (κ2) is 10.3. The summed E-state index contributed by atoms with van der Waals surface area (Å²) in [4.78, 5) is 17.2. The number of hydrogen-bond acceptors (Lipinski definition) is 3. The summed E-state index contributed by atoms with van der Waals surface area (Å²) in [6, 6.07) is 23.4. The summed E-state index contributed by atoms with van der Waals surface area (Å²) in [5.74, 6) is 0.888. The molecule has 0 bridgehead atoms. The summed E-state index contributed by atoms with van der Waals surface area (Å²) in [6.45, 7) is 4.49. The normalized spacial score (nSPS) is 14.5. The van der Waals surface area contributed by atoms with E-state index in [1.54, 1.807) is 0 Å². The molecule has 4 rings (SSSR count). The number of para-hydroxylation sites is 1. The molecule has 0 saturated carbocycles. The Labute approximate surface area is 196 Å². The number of ether oxygens (including phenoxy) is 1. The molecule has 160 valence electrons. The summed E-state index contributed by atoms with van der Waals surface area (Å²) >= 11 is 9.57. The van der Waals surface area contributed by atoms with Crippen LogP contribution in [0.2, 0.25) is 5.02 Å². The molecule has 6 heteroatoms. The highest BCUT2D eigenvalue weighted by Crippen LogP contribution is 2.25. The second-order valence-electron chi connectivity index (χ2n) is 7.61. The Morgan fingerprint density at radius 1 is 0.903 bits per heavy atom. The lowest BCUT2D eigenvalue weighted by Crippen LogP contribution is -2.48. The van der Waals surface area contributed by atoms with Crippen LogP contribution in [0, 0.1) is 0 Å². The summed E-state index contributed by atoms with van der Waals surface area (Å²) in [7, 11) is 0. The molecule has 0 unspecified atom stereocenters. The molecule has 3 aromatic carbocycles. The average molecular weight is 500 g/mol. The maximum Gasteiger partial charge on any atom is 0.253 e. The Morgan fingerprint density at radius 3 is 2.35 bits per heavy atom. The zero-order valence-corrected chi connectivity index (χ0v) is 19.5. The number of hydrogen-bond donors (Lipinski definition) is 0. The number of amides is 1. The molecule has 0 atom stereocenters. The smallest absolute Gasteiger partial charge is 0.253 e. The largest absolute Gasteiger partial charge is 0.488 e. The lowest BCUT2D eigenvalue weighted by Gasteiger charge is -2.34. The van der Waals surface area contributed by atoms with Crippen molar-refractivity contribution in [2.45, 2.75) is 13.2 Å². The monoisotopic (exact) mass is 498 g/mol. The van der Waals surface area contributed by atoms with Gasteiger partial charge in [0.25, 0.3) is 5.91 Å². The molecule has 4 nitrogen and oxygen atoms in total. The fourth-order valence-corrected chi connectivity index (χ4v) is 4.26. The molecule has 0 aliphatic carbocycles. The highest BCUT2D eigenvalue weighted by Gasteiger charge is 2.22. The molecule has 0 radical (unpaired) electrons. The van der Waals surface area contributed by atoms with Gasteiger partial charge in [0.2, 0.25) is 0 Å². The van der Waals surface area contributed by atoms with E-state index >= 15 is 0 Å². The summed E-state index contributed by atoms with van der Waals surface area (Å²) in [6.07, 6.45) is 0.